The Morgan fingerprint density at radius 3 is 2.44 bits per heavy atom. The standard InChI is InChI=1S/C12H17NO3/c1-12(16,9-13(2)8-11(14)15)10-6-4-3-5-7-10/h3-7,16H,8-9H2,1-2H3,(H,14,15). The summed E-state index contributed by atoms with van der Waals surface area (Å²) in [6.45, 7) is 1.88. The van der Waals surface area contributed by atoms with Crippen LogP contribution in [0.1, 0.15) is 12.5 Å². The fraction of sp³-hybridized carbons (Fsp3) is 0.417. The molecule has 0 aromatic heterocycles. The quantitative estimate of drug-likeness (QED) is 0.779. The highest BCUT2D eigenvalue weighted by Crippen LogP contribution is 2.20. The molecular weight excluding hydrogens is 206 g/mol. The fourth-order valence-corrected chi connectivity index (χ4v) is 1.70. The maximum absolute atomic E-state index is 10.5. The van der Waals surface area contributed by atoms with E-state index in [0.29, 0.717) is 0 Å². The van der Waals surface area contributed by atoms with Crippen LogP contribution < -0.4 is 0 Å². The smallest absolute Gasteiger partial charge is 0.317 e. The highest BCUT2D eigenvalue weighted by Gasteiger charge is 2.25. The first-order valence-electron chi connectivity index (χ1n) is 5.10. The number of aliphatic hydroxyl groups is 1. The molecule has 0 fully saturated rings. The molecule has 1 aromatic carbocycles. The zero-order valence-electron chi connectivity index (χ0n) is 9.55. The molecule has 88 valence electrons. The van der Waals surface area contributed by atoms with Gasteiger partial charge in [0.15, 0.2) is 0 Å². The van der Waals surface area contributed by atoms with E-state index in [1.54, 1.807) is 18.9 Å². The van der Waals surface area contributed by atoms with Crippen molar-refractivity contribution in [1.82, 2.24) is 4.90 Å². The van der Waals surface area contributed by atoms with Crippen molar-refractivity contribution in [3.63, 3.8) is 0 Å². The van der Waals surface area contributed by atoms with Gasteiger partial charge in [-0.3, -0.25) is 9.69 Å². The van der Waals surface area contributed by atoms with Crippen molar-refractivity contribution in [1.29, 1.82) is 0 Å². The van der Waals surface area contributed by atoms with Crippen LogP contribution in [-0.2, 0) is 10.4 Å². The number of likely N-dealkylation sites (N-methyl/N-ethyl adjacent to an activating group) is 1. The van der Waals surface area contributed by atoms with Gasteiger partial charge in [-0.1, -0.05) is 30.3 Å². The lowest BCUT2D eigenvalue weighted by Crippen LogP contribution is -2.39. The molecule has 0 amide bonds. The second-order valence-electron chi connectivity index (χ2n) is 4.21. The Morgan fingerprint density at radius 1 is 1.38 bits per heavy atom. The molecule has 1 rings (SSSR count). The van der Waals surface area contributed by atoms with Crippen LogP contribution in [0, 0.1) is 0 Å². The molecule has 1 unspecified atom stereocenters. The number of carbonyl (C=O) groups is 1. The monoisotopic (exact) mass is 223 g/mol. The molecule has 0 aliphatic carbocycles. The largest absolute Gasteiger partial charge is 0.480 e. The summed E-state index contributed by atoms with van der Waals surface area (Å²) in [4.78, 5) is 12.1. The maximum atomic E-state index is 10.5. The van der Waals surface area contributed by atoms with Gasteiger partial charge in [0.1, 0.15) is 0 Å². The van der Waals surface area contributed by atoms with Crippen LogP contribution in [0.15, 0.2) is 30.3 Å². The van der Waals surface area contributed by atoms with Crippen molar-refractivity contribution in [3.05, 3.63) is 35.9 Å². The number of aliphatic carboxylic acids is 1. The summed E-state index contributed by atoms with van der Waals surface area (Å²) >= 11 is 0. The van der Waals surface area contributed by atoms with Crippen LogP contribution in [0.3, 0.4) is 0 Å². The van der Waals surface area contributed by atoms with Crippen LogP contribution in [0.2, 0.25) is 0 Å². The van der Waals surface area contributed by atoms with Crippen LogP contribution in [0.4, 0.5) is 0 Å². The molecule has 1 atom stereocenters. The van der Waals surface area contributed by atoms with Crippen molar-refractivity contribution in [2.75, 3.05) is 20.1 Å². The average Bonchev–Trinajstić information content (AvgIpc) is 2.16. The summed E-state index contributed by atoms with van der Waals surface area (Å²) in [5.41, 5.74) is -0.252. The molecule has 0 aliphatic heterocycles. The van der Waals surface area contributed by atoms with E-state index in [9.17, 15) is 9.90 Å². The summed E-state index contributed by atoms with van der Waals surface area (Å²) in [7, 11) is 1.67. The van der Waals surface area contributed by atoms with Crippen LogP contribution >= 0.6 is 0 Å². The Morgan fingerprint density at radius 2 is 1.94 bits per heavy atom. The van der Waals surface area contributed by atoms with E-state index in [4.69, 9.17) is 5.11 Å². The second-order valence-corrected chi connectivity index (χ2v) is 4.21. The summed E-state index contributed by atoms with van der Waals surface area (Å²) in [6, 6.07) is 9.23. The zero-order chi connectivity index (χ0) is 12.2. The lowest BCUT2D eigenvalue weighted by atomic mass is 9.95. The molecule has 4 heteroatoms. The molecule has 0 aliphatic rings. The van der Waals surface area contributed by atoms with Gasteiger partial charge in [-0.05, 0) is 19.5 Å². The number of hydrogen-bond donors (Lipinski definition) is 2. The van der Waals surface area contributed by atoms with Gasteiger partial charge >= 0.3 is 5.97 Å². The first-order valence-corrected chi connectivity index (χ1v) is 5.10. The summed E-state index contributed by atoms with van der Waals surface area (Å²) in [5, 5.41) is 18.9. The number of nitrogens with zero attached hydrogens (tertiary/aromatic N) is 1. The van der Waals surface area contributed by atoms with Gasteiger partial charge in [0.25, 0.3) is 0 Å². The van der Waals surface area contributed by atoms with Gasteiger partial charge in [0.2, 0.25) is 0 Å². The minimum Gasteiger partial charge on any atom is -0.480 e. The van der Waals surface area contributed by atoms with E-state index in [-0.39, 0.29) is 13.1 Å². The number of hydrogen-bond acceptors (Lipinski definition) is 3. The first-order chi connectivity index (χ1) is 7.42. The Bertz CT molecular complexity index is 349. The number of carboxylic acid groups (broad SMARTS) is 1. The number of benzene rings is 1. The molecule has 0 heterocycles. The van der Waals surface area contributed by atoms with E-state index in [1.165, 1.54) is 0 Å². The van der Waals surface area contributed by atoms with E-state index >= 15 is 0 Å². The molecule has 0 spiro atoms. The molecule has 16 heavy (non-hydrogen) atoms. The molecule has 2 N–H and O–H groups in total. The highest BCUT2D eigenvalue weighted by atomic mass is 16.4. The Hall–Kier alpha value is -1.39. The molecule has 0 bridgehead atoms. The summed E-state index contributed by atoms with van der Waals surface area (Å²) < 4.78 is 0. The normalized spacial score (nSPS) is 14.8. The lowest BCUT2D eigenvalue weighted by Gasteiger charge is -2.28. The minimum absolute atomic E-state index is 0.0804. The third-order valence-electron chi connectivity index (χ3n) is 2.38. The topological polar surface area (TPSA) is 60.8 Å². The van der Waals surface area contributed by atoms with Crippen molar-refractivity contribution >= 4 is 5.97 Å². The molecule has 4 nitrogen and oxygen atoms in total. The molecule has 0 saturated carbocycles. The summed E-state index contributed by atoms with van der Waals surface area (Å²) in [5.74, 6) is -0.897. The number of carboxylic acids is 1. The van der Waals surface area contributed by atoms with Crippen molar-refractivity contribution < 1.29 is 15.0 Å². The Labute approximate surface area is 95.1 Å². The zero-order valence-corrected chi connectivity index (χ0v) is 9.55. The van der Waals surface area contributed by atoms with Crippen LogP contribution in [-0.4, -0.2) is 41.2 Å². The maximum Gasteiger partial charge on any atom is 0.317 e. The van der Waals surface area contributed by atoms with Crippen molar-refractivity contribution in [2.24, 2.45) is 0 Å². The van der Waals surface area contributed by atoms with Gasteiger partial charge in [0.05, 0.1) is 12.1 Å². The minimum atomic E-state index is -1.04. The SMILES string of the molecule is CN(CC(=O)O)CC(C)(O)c1ccccc1. The third-order valence-corrected chi connectivity index (χ3v) is 2.38. The lowest BCUT2D eigenvalue weighted by molar-refractivity contribution is -0.138. The molecule has 0 radical (unpaired) electrons. The first kappa shape index (κ1) is 12.7. The van der Waals surface area contributed by atoms with E-state index in [1.807, 2.05) is 30.3 Å². The van der Waals surface area contributed by atoms with Gasteiger partial charge in [-0.25, -0.2) is 0 Å². The van der Waals surface area contributed by atoms with Gasteiger partial charge in [0, 0.05) is 6.54 Å². The number of rotatable bonds is 5. The van der Waals surface area contributed by atoms with E-state index < -0.39 is 11.6 Å². The Balaban J connectivity index is 2.68. The van der Waals surface area contributed by atoms with Crippen LogP contribution in [0.25, 0.3) is 0 Å². The third kappa shape index (κ3) is 3.64. The van der Waals surface area contributed by atoms with Crippen LogP contribution in [0.5, 0.6) is 0 Å². The molecule has 1 aromatic rings. The van der Waals surface area contributed by atoms with Crippen molar-refractivity contribution in [3.8, 4) is 0 Å². The van der Waals surface area contributed by atoms with E-state index in [0.717, 1.165) is 5.56 Å². The van der Waals surface area contributed by atoms with Gasteiger partial charge in [-0.15, -0.1) is 0 Å². The molecule has 0 saturated heterocycles. The summed E-state index contributed by atoms with van der Waals surface area (Å²) in [6.07, 6.45) is 0. The Kier molecular flexibility index (Phi) is 4.04. The second kappa shape index (κ2) is 5.09. The predicted molar refractivity (Wildman–Crippen MR) is 61.1 cm³/mol. The van der Waals surface area contributed by atoms with Gasteiger partial charge < -0.3 is 10.2 Å². The van der Waals surface area contributed by atoms with E-state index in [2.05, 4.69) is 0 Å². The highest BCUT2D eigenvalue weighted by molar-refractivity contribution is 5.69. The van der Waals surface area contributed by atoms with Gasteiger partial charge in [-0.2, -0.15) is 0 Å². The predicted octanol–water partition coefficient (Wildman–Crippen LogP) is 0.910. The fourth-order valence-electron chi connectivity index (χ4n) is 1.70. The average molecular weight is 223 g/mol. The van der Waals surface area contributed by atoms with Crippen molar-refractivity contribution in [2.45, 2.75) is 12.5 Å². The molecular formula is C12H17NO3.